The second-order valence-electron chi connectivity index (χ2n) is 4.58. The van der Waals surface area contributed by atoms with Crippen molar-refractivity contribution >= 4 is 11.7 Å². The third-order valence-electron chi connectivity index (χ3n) is 2.88. The van der Waals surface area contributed by atoms with E-state index in [0.29, 0.717) is 24.4 Å². The smallest absolute Gasteiger partial charge is 0.325 e. The molecular weight excluding hydrogens is 254 g/mol. The van der Waals surface area contributed by atoms with Crippen molar-refractivity contribution in [2.45, 2.75) is 34.1 Å². The van der Waals surface area contributed by atoms with Gasteiger partial charge in [-0.25, -0.2) is 0 Å². The summed E-state index contributed by atoms with van der Waals surface area (Å²) >= 11 is 0. The number of pyridine rings is 1. The Morgan fingerprint density at radius 2 is 2.15 bits per heavy atom. The lowest BCUT2D eigenvalue weighted by molar-refractivity contribution is -0.141. The van der Waals surface area contributed by atoms with Gasteiger partial charge in [0.05, 0.1) is 23.6 Å². The summed E-state index contributed by atoms with van der Waals surface area (Å²) in [5.41, 5.74) is 2.80. The van der Waals surface area contributed by atoms with Gasteiger partial charge in [0, 0.05) is 12.2 Å². The molecule has 0 aromatic carbocycles. The molecule has 1 rings (SSSR count). The second kappa shape index (κ2) is 7.49. The predicted octanol–water partition coefficient (Wildman–Crippen LogP) is 2.35. The Hall–Kier alpha value is -2.09. The molecule has 0 amide bonds. The number of hydrogen-bond acceptors (Lipinski definition) is 5. The van der Waals surface area contributed by atoms with Crippen LogP contribution in [0.2, 0.25) is 0 Å². The Kier molecular flexibility index (Phi) is 5.98. The number of carbonyl (C=O) groups excluding carboxylic acids is 1. The van der Waals surface area contributed by atoms with E-state index in [2.05, 4.69) is 11.1 Å². The van der Waals surface area contributed by atoms with Gasteiger partial charge in [0.25, 0.3) is 0 Å². The van der Waals surface area contributed by atoms with Crippen molar-refractivity contribution in [3.63, 3.8) is 0 Å². The average molecular weight is 275 g/mol. The van der Waals surface area contributed by atoms with Crippen molar-refractivity contribution in [1.29, 1.82) is 5.26 Å². The molecule has 0 aliphatic rings. The standard InChI is InChI=1S/C15H21N3O2/c1-5-7-18(10-15(19)20-6-2)14-8-11(3)17-12(4)13(14)9-16/h8H,5-7,10H2,1-4H3. The molecule has 0 unspecified atom stereocenters. The molecule has 0 saturated heterocycles. The summed E-state index contributed by atoms with van der Waals surface area (Å²) in [6.45, 7) is 8.71. The second-order valence-corrected chi connectivity index (χ2v) is 4.58. The fraction of sp³-hybridized carbons (Fsp3) is 0.533. The molecular formula is C15H21N3O2. The Morgan fingerprint density at radius 1 is 1.45 bits per heavy atom. The van der Waals surface area contributed by atoms with Gasteiger partial charge in [-0.2, -0.15) is 5.26 Å². The number of anilines is 1. The largest absolute Gasteiger partial charge is 0.465 e. The van der Waals surface area contributed by atoms with Crippen molar-refractivity contribution in [2.24, 2.45) is 0 Å². The maximum Gasteiger partial charge on any atom is 0.325 e. The van der Waals surface area contributed by atoms with Crippen LogP contribution in [0.1, 0.15) is 37.2 Å². The van der Waals surface area contributed by atoms with Crippen molar-refractivity contribution in [1.82, 2.24) is 4.98 Å². The lowest BCUT2D eigenvalue weighted by Crippen LogP contribution is -2.32. The van der Waals surface area contributed by atoms with E-state index >= 15 is 0 Å². The minimum absolute atomic E-state index is 0.152. The van der Waals surface area contributed by atoms with E-state index in [0.717, 1.165) is 17.8 Å². The van der Waals surface area contributed by atoms with Gasteiger partial charge in [0.2, 0.25) is 0 Å². The van der Waals surface area contributed by atoms with Gasteiger partial charge in [0.1, 0.15) is 12.6 Å². The quantitative estimate of drug-likeness (QED) is 0.745. The minimum atomic E-state index is -0.281. The van der Waals surface area contributed by atoms with Gasteiger partial charge in [0.15, 0.2) is 0 Å². The molecule has 0 spiro atoms. The lowest BCUT2D eigenvalue weighted by Gasteiger charge is -2.25. The zero-order valence-electron chi connectivity index (χ0n) is 12.6. The zero-order chi connectivity index (χ0) is 15.1. The average Bonchev–Trinajstić information content (AvgIpc) is 2.37. The summed E-state index contributed by atoms with van der Waals surface area (Å²) in [7, 11) is 0. The number of carbonyl (C=O) groups is 1. The first-order valence-corrected chi connectivity index (χ1v) is 6.82. The highest BCUT2D eigenvalue weighted by atomic mass is 16.5. The summed E-state index contributed by atoms with van der Waals surface area (Å²) in [5, 5.41) is 9.31. The molecule has 0 radical (unpaired) electrons. The van der Waals surface area contributed by atoms with Crippen LogP contribution in [0.5, 0.6) is 0 Å². The van der Waals surface area contributed by atoms with Crippen LogP contribution in [0.3, 0.4) is 0 Å². The molecule has 0 aliphatic carbocycles. The topological polar surface area (TPSA) is 66.2 Å². The number of nitriles is 1. The van der Waals surface area contributed by atoms with Crippen molar-refractivity contribution in [3.05, 3.63) is 23.0 Å². The summed E-state index contributed by atoms with van der Waals surface area (Å²) in [5.74, 6) is -0.281. The van der Waals surface area contributed by atoms with E-state index in [-0.39, 0.29) is 12.5 Å². The van der Waals surface area contributed by atoms with Crippen molar-refractivity contribution in [3.8, 4) is 6.07 Å². The maximum atomic E-state index is 11.7. The number of rotatable bonds is 6. The van der Waals surface area contributed by atoms with Gasteiger partial charge in [-0.05, 0) is 33.3 Å². The van der Waals surface area contributed by atoms with Gasteiger partial charge in [-0.1, -0.05) is 6.92 Å². The van der Waals surface area contributed by atoms with E-state index in [9.17, 15) is 10.1 Å². The Balaban J connectivity index is 3.14. The molecule has 5 heteroatoms. The number of ether oxygens (including phenoxy) is 1. The number of esters is 1. The van der Waals surface area contributed by atoms with E-state index in [1.165, 1.54) is 0 Å². The molecule has 0 fully saturated rings. The summed E-state index contributed by atoms with van der Waals surface area (Å²) in [6.07, 6.45) is 0.880. The van der Waals surface area contributed by atoms with Crippen LogP contribution in [0.25, 0.3) is 0 Å². The van der Waals surface area contributed by atoms with Crippen LogP contribution in [-0.4, -0.2) is 30.6 Å². The highest BCUT2D eigenvalue weighted by Gasteiger charge is 2.17. The van der Waals surface area contributed by atoms with Gasteiger partial charge < -0.3 is 9.64 Å². The molecule has 108 valence electrons. The summed E-state index contributed by atoms with van der Waals surface area (Å²) < 4.78 is 5.00. The Morgan fingerprint density at radius 3 is 2.70 bits per heavy atom. The molecule has 0 N–H and O–H groups in total. The molecule has 0 saturated carbocycles. The number of nitrogens with zero attached hydrogens (tertiary/aromatic N) is 3. The van der Waals surface area contributed by atoms with Crippen LogP contribution in [0, 0.1) is 25.2 Å². The molecule has 1 aromatic heterocycles. The lowest BCUT2D eigenvalue weighted by atomic mass is 10.1. The SMILES string of the molecule is CCCN(CC(=O)OCC)c1cc(C)nc(C)c1C#N. The third kappa shape index (κ3) is 3.95. The molecule has 1 aromatic rings. The summed E-state index contributed by atoms with van der Waals surface area (Å²) in [6, 6.07) is 4.03. The van der Waals surface area contributed by atoms with Crippen molar-refractivity contribution in [2.75, 3.05) is 24.6 Å². The Bertz CT molecular complexity index is 521. The Labute approximate surface area is 120 Å². The van der Waals surface area contributed by atoms with E-state index in [4.69, 9.17) is 4.74 Å². The fourth-order valence-corrected chi connectivity index (χ4v) is 2.11. The van der Waals surface area contributed by atoms with Crippen LogP contribution in [0.4, 0.5) is 5.69 Å². The molecule has 1 heterocycles. The third-order valence-corrected chi connectivity index (χ3v) is 2.88. The monoisotopic (exact) mass is 275 g/mol. The first-order chi connectivity index (χ1) is 9.53. The first kappa shape index (κ1) is 16.0. The van der Waals surface area contributed by atoms with Gasteiger partial charge in [-0.3, -0.25) is 9.78 Å². The van der Waals surface area contributed by atoms with Crippen LogP contribution < -0.4 is 4.90 Å². The van der Waals surface area contributed by atoms with Crippen LogP contribution >= 0.6 is 0 Å². The number of aryl methyl sites for hydroxylation is 2. The normalized spacial score (nSPS) is 9.95. The maximum absolute atomic E-state index is 11.7. The van der Waals surface area contributed by atoms with Crippen molar-refractivity contribution < 1.29 is 9.53 Å². The van der Waals surface area contributed by atoms with E-state index in [1.807, 2.05) is 31.7 Å². The first-order valence-electron chi connectivity index (χ1n) is 6.82. The number of hydrogen-bond donors (Lipinski definition) is 0. The number of aromatic nitrogens is 1. The highest BCUT2D eigenvalue weighted by molar-refractivity contribution is 5.77. The summed E-state index contributed by atoms with van der Waals surface area (Å²) in [4.78, 5) is 17.9. The predicted molar refractivity (Wildman–Crippen MR) is 77.6 cm³/mol. The van der Waals surface area contributed by atoms with E-state index in [1.54, 1.807) is 6.92 Å². The van der Waals surface area contributed by atoms with Gasteiger partial charge in [-0.15, -0.1) is 0 Å². The fourth-order valence-electron chi connectivity index (χ4n) is 2.11. The zero-order valence-corrected chi connectivity index (χ0v) is 12.6. The molecule has 0 atom stereocenters. The molecule has 0 bridgehead atoms. The van der Waals surface area contributed by atoms with Crippen LogP contribution in [-0.2, 0) is 9.53 Å². The minimum Gasteiger partial charge on any atom is -0.465 e. The van der Waals surface area contributed by atoms with Crippen LogP contribution in [0.15, 0.2) is 6.07 Å². The molecule has 20 heavy (non-hydrogen) atoms. The molecule has 5 nitrogen and oxygen atoms in total. The highest BCUT2D eigenvalue weighted by Crippen LogP contribution is 2.23. The van der Waals surface area contributed by atoms with Gasteiger partial charge >= 0.3 is 5.97 Å². The molecule has 0 aliphatic heterocycles. The van der Waals surface area contributed by atoms with E-state index < -0.39 is 0 Å².